The third-order valence-electron chi connectivity index (χ3n) is 3.57. The van der Waals surface area contributed by atoms with E-state index in [1.807, 2.05) is 12.1 Å². The Kier molecular flexibility index (Phi) is 4.59. The molecule has 0 aliphatic heterocycles. The number of hydrogen-bond acceptors (Lipinski definition) is 2. The van der Waals surface area contributed by atoms with Gasteiger partial charge in [-0.2, -0.15) is 0 Å². The van der Waals surface area contributed by atoms with Gasteiger partial charge < -0.3 is 16.0 Å². The van der Waals surface area contributed by atoms with Crippen LogP contribution in [0, 0.1) is 0 Å². The summed E-state index contributed by atoms with van der Waals surface area (Å²) in [7, 11) is 0. The zero-order valence-electron chi connectivity index (χ0n) is 12.3. The minimum atomic E-state index is -0.926. The summed E-state index contributed by atoms with van der Waals surface area (Å²) in [5, 5.41) is 4.07. The van der Waals surface area contributed by atoms with E-state index in [4.69, 9.17) is 17.3 Å². The fraction of sp³-hybridized carbons (Fsp3) is 0.0588. The van der Waals surface area contributed by atoms with Gasteiger partial charge >= 0.3 is 0 Å². The van der Waals surface area contributed by atoms with Crippen LogP contribution in [0.1, 0.15) is 22.1 Å². The molecule has 4 N–H and O–H groups in total. The number of nitrogens with two attached hydrogens (primary N) is 1. The van der Waals surface area contributed by atoms with Crippen molar-refractivity contribution in [1.29, 1.82) is 0 Å². The maximum atomic E-state index is 12.5. The Labute approximate surface area is 151 Å². The molecule has 0 saturated heterocycles. The molecule has 7 heteroatoms. The van der Waals surface area contributed by atoms with E-state index in [2.05, 4.69) is 26.2 Å². The first-order valence-corrected chi connectivity index (χ1v) is 8.25. The summed E-state index contributed by atoms with van der Waals surface area (Å²) in [6.07, 6.45) is 0. The van der Waals surface area contributed by atoms with Gasteiger partial charge in [-0.05, 0) is 35.9 Å². The van der Waals surface area contributed by atoms with E-state index < -0.39 is 17.9 Å². The molecule has 2 aromatic carbocycles. The SMILES string of the molecule is NC(=O)C(NC(=O)c1cc2ccc(Cl)cc2[nH]1)c1cccc(Br)c1. The number of carbonyl (C=O) groups is 2. The van der Waals surface area contributed by atoms with E-state index in [-0.39, 0.29) is 0 Å². The molecule has 0 fully saturated rings. The van der Waals surface area contributed by atoms with E-state index in [1.165, 1.54) is 0 Å². The first-order valence-electron chi connectivity index (χ1n) is 7.08. The minimum Gasteiger partial charge on any atom is -0.368 e. The molecule has 0 bridgehead atoms. The summed E-state index contributed by atoms with van der Waals surface area (Å²) >= 11 is 9.28. The zero-order chi connectivity index (χ0) is 17.3. The van der Waals surface area contributed by atoms with Crippen molar-refractivity contribution in [3.8, 4) is 0 Å². The van der Waals surface area contributed by atoms with Crippen molar-refractivity contribution in [3.63, 3.8) is 0 Å². The molecular formula is C17H13BrClN3O2. The molecule has 3 aromatic rings. The van der Waals surface area contributed by atoms with Gasteiger partial charge in [0.2, 0.25) is 5.91 Å². The first kappa shape index (κ1) is 16.5. The fourth-order valence-electron chi connectivity index (χ4n) is 2.44. The lowest BCUT2D eigenvalue weighted by molar-refractivity contribution is -0.120. The number of nitrogens with one attached hydrogen (secondary N) is 2. The van der Waals surface area contributed by atoms with E-state index in [9.17, 15) is 9.59 Å². The molecule has 1 unspecified atom stereocenters. The number of fused-ring (bicyclic) bond motifs is 1. The Hall–Kier alpha value is -2.31. The standard InChI is InChI=1S/C17H13BrClN3O2/c18-11-3-1-2-10(6-11)15(16(20)23)22-17(24)14-7-9-4-5-12(19)8-13(9)21-14/h1-8,15,21H,(H2,20,23)(H,22,24). The third-order valence-corrected chi connectivity index (χ3v) is 4.30. The van der Waals surface area contributed by atoms with Crippen LogP contribution in [-0.2, 0) is 4.79 Å². The predicted molar refractivity (Wildman–Crippen MR) is 96.9 cm³/mol. The number of aromatic amines is 1. The molecule has 0 aliphatic rings. The van der Waals surface area contributed by atoms with Crippen LogP contribution in [0.3, 0.4) is 0 Å². The van der Waals surface area contributed by atoms with Crippen molar-refractivity contribution in [3.05, 3.63) is 69.3 Å². The topological polar surface area (TPSA) is 88.0 Å². The summed E-state index contributed by atoms with van der Waals surface area (Å²) in [6.45, 7) is 0. The normalized spacial score (nSPS) is 12.1. The van der Waals surface area contributed by atoms with Gasteiger partial charge in [0.25, 0.3) is 5.91 Å². The number of benzene rings is 2. The minimum absolute atomic E-state index is 0.327. The highest BCUT2D eigenvalue weighted by atomic mass is 79.9. The Morgan fingerprint density at radius 2 is 1.96 bits per heavy atom. The van der Waals surface area contributed by atoms with E-state index >= 15 is 0 Å². The summed E-state index contributed by atoms with van der Waals surface area (Å²) in [5.41, 5.74) is 7.11. The molecule has 0 radical (unpaired) electrons. The van der Waals surface area contributed by atoms with E-state index in [0.29, 0.717) is 16.3 Å². The largest absolute Gasteiger partial charge is 0.368 e. The highest BCUT2D eigenvalue weighted by Crippen LogP contribution is 2.22. The number of carbonyl (C=O) groups excluding carboxylic acids is 2. The predicted octanol–water partition coefficient (Wildman–Crippen LogP) is 3.54. The number of hydrogen-bond donors (Lipinski definition) is 3. The number of halogens is 2. The van der Waals surface area contributed by atoms with Gasteiger partial charge in [0.15, 0.2) is 0 Å². The van der Waals surface area contributed by atoms with E-state index in [1.54, 1.807) is 36.4 Å². The molecule has 0 saturated carbocycles. The highest BCUT2D eigenvalue weighted by Gasteiger charge is 2.22. The lowest BCUT2D eigenvalue weighted by atomic mass is 10.1. The molecule has 3 rings (SSSR count). The van der Waals surface area contributed by atoms with Gasteiger partial charge in [-0.1, -0.05) is 45.7 Å². The summed E-state index contributed by atoms with van der Waals surface area (Å²) in [6, 6.07) is 13.1. The molecule has 0 spiro atoms. The second-order valence-corrected chi connectivity index (χ2v) is 6.63. The number of H-pyrrole nitrogens is 1. The van der Waals surface area contributed by atoms with Crippen LogP contribution in [0.5, 0.6) is 0 Å². The molecule has 24 heavy (non-hydrogen) atoms. The first-order chi connectivity index (χ1) is 11.4. The van der Waals surface area contributed by atoms with Crippen molar-refractivity contribution in [2.45, 2.75) is 6.04 Å². The molecule has 1 aromatic heterocycles. The van der Waals surface area contributed by atoms with Crippen LogP contribution < -0.4 is 11.1 Å². The average molecular weight is 407 g/mol. The Morgan fingerprint density at radius 3 is 2.67 bits per heavy atom. The third kappa shape index (κ3) is 3.44. The smallest absolute Gasteiger partial charge is 0.268 e. The molecular weight excluding hydrogens is 394 g/mol. The molecule has 1 atom stereocenters. The van der Waals surface area contributed by atoms with Crippen molar-refractivity contribution in [1.82, 2.24) is 10.3 Å². The number of primary amides is 1. The van der Waals surface area contributed by atoms with Crippen LogP contribution in [0.25, 0.3) is 10.9 Å². The van der Waals surface area contributed by atoms with Crippen molar-refractivity contribution >= 4 is 50.2 Å². The second-order valence-electron chi connectivity index (χ2n) is 5.28. The number of amides is 2. The quantitative estimate of drug-likeness (QED) is 0.619. The zero-order valence-corrected chi connectivity index (χ0v) is 14.7. The molecule has 2 amide bonds. The molecule has 1 heterocycles. The maximum absolute atomic E-state index is 12.5. The van der Waals surface area contributed by atoms with Gasteiger partial charge in [-0.3, -0.25) is 9.59 Å². The van der Waals surface area contributed by atoms with Crippen molar-refractivity contribution in [2.75, 3.05) is 0 Å². The second kappa shape index (κ2) is 6.67. The Balaban J connectivity index is 1.88. The van der Waals surface area contributed by atoms with Crippen molar-refractivity contribution < 1.29 is 9.59 Å². The Morgan fingerprint density at radius 1 is 1.17 bits per heavy atom. The monoisotopic (exact) mass is 405 g/mol. The fourth-order valence-corrected chi connectivity index (χ4v) is 3.02. The lowest BCUT2D eigenvalue weighted by Gasteiger charge is -2.15. The van der Waals surface area contributed by atoms with Crippen LogP contribution in [0.2, 0.25) is 5.02 Å². The van der Waals surface area contributed by atoms with Crippen LogP contribution in [0.15, 0.2) is 53.0 Å². The Bertz CT molecular complexity index is 938. The van der Waals surface area contributed by atoms with Gasteiger partial charge in [0, 0.05) is 20.4 Å². The van der Waals surface area contributed by atoms with Gasteiger partial charge in [0.1, 0.15) is 11.7 Å². The van der Waals surface area contributed by atoms with Gasteiger partial charge in [-0.15, -0.1) is 0 Å². The molecule has 0 aliphatic carbocycles. The van der Waals surface area contributed by atoms with Crippen LogP contribution >= 0.6 is 27.5 Å². The number of aromatic nitrogens is 1. The summed E-state index contributed by atoms with van der Waals surface area (Å²) < 4.78 is 0.792. The summed E-state index contributed by atoms with van der Waals surface area (Å²) in [4.78, 5) is 27.2. The van der Waals surface area contributed by atoms with Crippen LogP contribution in [0.4, 0.5) is 0 Å². The van der Waals surface area contributed by atoms with Crippen LogP contribution in [-0.4, -0.2) is 16.8 Å². The molecule has 5 nitrogen and oxygen atoms in total. The number of rotatable bonds is 4. The maximum Gasteiger partial charge on any atom is 0.268 e. The summed E-state index contributed by atoms with van der Waals surface area (Å²) in [5.74, 6) is -1.06. The molecule has 122 valence electrons. The van der Waals surface area contributed by atoms with Gasteiger partial charge in [-0.25, -0.2) is 0 Å². The lowest BCUT2D eigenvalue weighted by Crippen LogP contribution is -2.37. The van der Waals surface area contributed by atoms with Gasteiger partial charge in [0.05, 0.1) is 0 Å². The highest BCUT2D eigenvalue weighted by molar-refractivity contribution is 9.10. The van der Waals surface area contributed by atoms with E-state index in [0.717, 1.165) is 15.4 Å². The van der Waals surface area contributed by atoms with Crippen molar-refractivity contribution in [2.24, 2.45) is 5.73 Å². The average Bonchev–Trinajstić information content (AvgIpc) is 2.95.